The predicted octanol–water partition coefficient (Wildman–Crippen LogP) is 10.9. The molecule has 2 aliphatic carbocycles. The molecule has 6 aromatic rings. The van der Waals surface area contributed by atoms with Gasteiger partial charge in [0.1, 0.15) is 0 Å². The number of nitrogens with zero attached hydrogens (tertiary/aromatic N) is 1. The van der Waals surface area contributed by atoms with E-state index in [1.807, 2.05) is 0 Å². The lowest BCUT2D eigenvalue weighted by Gasteiger charge is -2.32. The first-order chi connectivity index (χ1) is 19.9. The molecule has 0 spiro atoms. The smallest absolute Gasteiger partial charge is 0.0549 e. The Bertz CT molecular complexity index is 1990. The summed E-state index contributed by atoms with van der Waals surface area (Å²) in [5, 5.41) is 2.61. The first-order valence-electron chi connectivity index (χ1n) is 14.6. The van der Waals surface area contributed by atoms with Crippen molar-refractivity contribution in [3.8, 4) is 22.3 Å². The summed E-state index contributed by atoms with van der Waals surface area (Å²) < 4.78 is 0. The molecule has 0 aromatic heterocycles. The third kappa shape index (κ3) is 3.24. The van der Waals surface area contributed by atoms with Crippen LogP contribution in [-0.2, 0) is 10.8 Å². The number of rotatable bonds is 3. The molecule has 198 valence electrons. The largest absolute Gasteiger partial charge is 0.309 e. The van der Waals surface area contributed by atoms with Gasteiger partial charge >= 0.3 is 0 Å². The van der Waals surface area contributed by atoms with Crippen molar-refractivity contribution in [1.29, 1.82) is 0 Å². The third-order valence-electron chi connectivity index (χ3n) is 9.60. The lowest BCUT2D eigenvalue weighted by Crippen LogP contribution is -2.17. The monoisotopic (exact) mass is 527 g/mol. The first kappa shape index (κ1) is 24.2. The fourth-order valence-electron chi connectivity index (χ4n) is 7.72. The lowest BCUT2D eigenvalue weighted by molar-refractivity contribution is 0.660. The molecule has 0 amide bonds. The molecule has 0 aliphatic heterocycles. The summed E-state index contributed by atoms with van der Waals surface area (Å²) in [5.41, 5.74) is 14.4. The van der Waals surface area contributed by atoms with Gasteiger partial charge in [-0.3, -0.25) is 0 Å². The van der Waals surface area contributed by atoms with Gasteiger partial charge in [0.15, 0.2) is 0 Å². The molecule has 2 aliphatic rings. The standard InChI is InChI=1S/C40H33N/c1-39(2)31-21-12-10-19-29(31)36-33(39)23-14-24-34(36)41(27-16-6-5-7-17-27)35-25-26-15-8-9-18-28(26)38-37(35)30-20-11-13-22-32(30)40(38,3)4/h5-25H,1-4H3. The van der Waals surface area contributed by atoms with Crippen molar-refractivity contribution >= 4 is 27.8 Å². The highest BCUT2D eigenvalue weighted by molar-refractivity contribution is 6.07. The van der Waals surface area contributed by atoms with Gasteiger partial charge in [-0.15, -0.1) is 0 Å². The second kappa shape index (κ2) is 8.44. The van der Waals surface area contributed by atoms with Gasteiger partial charge in [0.2, 0.25) is 0 Å². The topological polar surface area (TPSA) is 3.24 Å². The molecule has 6 aromatic carbocycles. The fraction of sp³-hybridized carbons (Fsp3) is 0.150. The Kier molecular flexibility index (Phi) is 4.98. The van der Waals surface area contributed by atoms with Crippen LogP contribution < -0.4 is 4.90 Å². The maximum atomic E-state index is 2.53. The van der Waals surface area contributed by atoms with E-state index < -0.39 is 0 Å². The summed E-state index contributed by atoms with van der Waals surface area (Å²) in [6.45, 7) is 9.50. The second-order valence-electron chi connectivity index (χ2n) is 12.6. The zero-order valence-electron chi connectivity index (χ0n) is 24.1. The summed E-state index contributed by atoms with van der Waals surface area (Å²) >= 11 is 0. The molecule has 0 bridgehead atoms. The van der Waals surface area contributed by atoms with E-state index in [0.717, 1.165) is 0 Å². The van der Waals surface area contributed by atoms with Crippen LogP contribution in [0.4, 0.5) is 17.1 Å². The molecule has 0 unspecified atom stereocenters. The summed E-state index contributed by atoms with van der Waals surface area (Å²) in [6, 6.07) is 47.1. The van der Waals surface area contributed by atoms with E-state index in [1.54, 1.807) is 0 Å². The van der Waals surface area contributed by atoms with Crippen LogP contribution in [0.25, 0.3) is 33.0 Å². The molecule has 0 heterocycles. The molecule has 1 heteroatoms. The van der Waals surface area contributed by atoms with Crippen LogP contribution in [0.1, 0.15) is 49.9 Å². The maximum absolute atomic E-state index is 2.53. The predicted molar refractivity (Wildman–Crippen MR) is 174 cm³/mol. The highest BCUT2D eigenvalue weighted by Crippen LogP contribution is 2.59. The Balaban J connectivity index is 1.53. The normalized spacial score (nSPS) is 15.2. The number of para-hydroxylation sites is 1. The van der Waals surface area contributed by atoms with Gasteiger partial charge in [0, 0.05) is 27.6 Å². The van der Waals surface area contributed by atoms with E-state index in [9.17, 15) is 0 Å². The molecule has 0 radical (unpaired) electrons. The highest BCUT2D eigenvalue weighted by Gasteiger charge is 2.41. The van der Waals surface area contributed by atoms with E-state index in [1.165, 1.54) is 72.3 Å². The van der Waals surface area contributed by atoms with Crippen LogP contribution >= 0.6 is 0 Å². The van der Waals surface area contributed by atoms with Gasteiger partial charge in [-0.1, -0.05) is 131 Å². The molecule has 0 saturated heterocycles. The van der Waals surface area contributed by atoms with Crippen LogP contribution in [0.5, 0.6) is 0 Å². The van der Waals surface area contributed by atoms with Crippen molar-refractivity contribution in [1.82, 2.24) is 0 Å². The van der Waals surface area contributed by atoms with E-state index in [0.29, 0.717) is 0 Å². The SMILES string of the molecule is CC1(C)c2ccccc2-c2c(N(c3ccccc3)c3cc4ccccc4c4c3-c3ccccc3C4(C)C)cccc21. The lowest BCUT2D eigenvalue weighted by atomic mass is 9.80. The number of hydrogen-bond acceptors (Lipinski definition) is 1. The van der Waals surface area contributed by atoms with Gasteiger partial charge in [0.25, 0.3) is 0 Å². The Morgan fingerprint density at radius 3 is 1.80 bits per heavy atom. The van der Waals surface area contributed by atoms with Gasteiger partial charge < -0.3 is 4.90 Å². The Hall–Kier alpha value is -4.62. The minimum atomic E-state index is -0.114. The highest BCUT2D eigenvalue weighted by atomic mass is 15.1. The molecular weight excluding hydrogens is 494 g/mol. The number of fused-ring (bicyclic) bond motifs is 8. The Morgan fingerprint density at radius 1 is 0.463 bits per heavy atom. The molecule has 8 rings (SSSR count). The molecule has 0 fully saturated rings. The van der Waals surface area contributed by atoms with Crippen molar-refractivity contribution in [3.63, 3.8) is 0 Å². The zero-order chi connectivity index (χ0) is 27.9. The van der Waals surface area contributed by atoms with Crippen LogP contribution in [0.15, 0.2) is 127 Å². The van der Waals surface area contributed by atoms with Gasteiger partial charge in [-0.25, -0.2) is 0 Å². The number of benzene rings is 6. The summed E-state index contributed by atoms with van der Waals surface area (Å²) in [4.78, 5) is 2.53. The molecule has 0 atom stereocenters. The van der Waals surface area contributed by atoms with Gasteiger partial charge in [-0.05, 0) is 68.4 Å². The molecule has 1 nitrogen and oxygen atoms in total. The van der Waals surface area contributed by atoms with Crippen molar-refractivity contribution in [3.05, 3.63) is 150 Å². The van der Waals surface area contributed by atoms with E-state index in [4.69, 9.17) is 0 Å². The van der Waals surface area contributed by atoms with Gasteiger partial charge in [-0.2, -0.15) is 0 Å². The number of anilines is 3. The second-order valence-corrected chi connectivity index (χ2v) is 12.6. The van der Waals surface area contributed by atoms with Crippen molar-refractivity contribution < 1.29 is 0 Å². The summed E-state index contributed by atoms with van der Waals surface area (Å²) in [5.74, 6) is 0. The minimum absolute atomic E-state index is 0.0653. The van der Waals surface area contributed by atoms with Crippen molar-refractivity contribution in [2.45, 2.75) is 38.5 Å². The van der Waals surface area contributed by atoms with Crippen LogP contribution in [0.3, 0.4) is 0 Å². The van der Waals surface area contributed by atoms with E-state index in [2.05, 4.69) is 160 Å². The van der Waals surface area contributed by atoms with E-state index >= 15 is 0 Å². The quantitative estimate of drug-likeness (QED) is 0.221. The van der Waals surface area contributed by atoms with Gasteiger partial charge in [0.05, 0.1) is 11.4 Å². The Morgan fingerprint density at radius 2 is 1.05 bits per heavy atom. The fourth-order valence-corrected chi connectivity index (χ4v) is 7.72. The third-order valence-corrected chi connectivity index (χ3v) is 9.60. The molecule has 41 heavy (non-hydrogen) atoms. The van der Waals surface area contributed by atoms with Crippen LogP contribution in [-0.4, -0.2) is 0 Å². The van der Waals surface area contributed by atoms with Crippen molar-refractivity contribution in [2.24, 2.45) is 0 Å². The molecule has 0 N–H and O–H groups in total. The first-order valence-corrected chi connectivity index (χ1v) is 14.6. The maximum Gasteiger partial charge on any atom is 0.0549 e. The van der Waals surface area contributed by atoms with Crippen molar-refractivity contribution in [2.75, 3.05) is 4.90 Å². The summed E-state index contributed by atoms with van der Waals surface area (Å²) in [7, 11) is 0. The average molecular weight is 528 g/mol. The zero-order valence-corrected chi connectivity index (χ0v) is 24.1. The number of hydrogen-bond donors (Lipinski definition) is 0. The average Bonchev–Trinajstić information content (AvgIpc) is 3.39. The van der Waals surface area contributed by atoms with Crippen LogP contribution in [0, 0.1) is 0 Å². The summed E-state index contributed by atoms with van der Waals surface area (Å²) in [6.07, 6.45) is 0. The molecule has 0 saturated carbocycles. The minimum Gasteiger partial charge on any atom is -0.309 e. The van der Waals surface area contributed by atoms with Crippen LogP contribution in [0.2, 0.25) is 0 Å². The molecular formula is C40H33N. The van der Waals surface area contributed by atoms with E-state index in [-0.39, 0.29) is 10.8 Å². The Labute approximate surface area is 242 Å².